The Morgan fingerprint density at radius 3 is 2.82 bits per heavy atom. The van der Waals surface area contributed by atoms with E-state index in [1.807, 2.05) is 0 Å². The Bertz CT molecular complexity index is 387. The van der Waals surface area contributed by atoms with Crippen molar-refractivity contribution in [3.63, 3.8) is 0 Å². The topological polar surface area (TPSA) is 21.3 Å². The van der Waals surface area contributed by atoms with Gasteiger partial charge in [-0.25, -0.2) is 4.39 Å². The van der Waals surface area contributed by atoms with Gasteiger partial charge in [-0.05, 0) is 43.0 Å². The molecule has 0 aromatic heterocycles. The number of ether oxygens (including phenoxy) is 1. The number of nitrogens with one attached hydrogen (secondary N) is 1. The average Bonchev–Trinajstić information content (AvgIpc) is 2.27. The lowest BCUT2D eigenvalue weighted by Crippen LogP contribution is -2.47. The molecule has 2 nitrogen and oxygen atoms in total. The third-order valence-electron chi connectivity index (χ3n) is 3.47. The van der Waals surface area contributed by atoms with Crippen LogP contribution in [0, 0.1) is 5.82 Å². The first-order chi connectivity index (χ1) is 8.15. The summed E-state index contributed by atoms with van der Waals surface area (Å²) in [5.74, 6) is -0.253. The number of hydrogen-bond acceptors (Lipinski definition) is 2. The van der Waals surface area contributed by atoms with E-state index in [1.165, 1.54) is 18.6 Å². The lowest BCUT2D eigenvalue weighted by atomic mass is 9.80. The van der Waals surface area contributed by atoms with Crippen LogP contribution in [0.25, 0.3) is 0 Å². The Morgan fingerprint density at radius 1 is 1.47 bits per heavy atom. The second-order valence-electron chi connectivity index (χ2n) is 4.58. The molecule has 0 heterocycles. The Kier molecular flexibility index (Phi) is 4.02. The summed E-state index contributed by atoms with van der Waals surface area (Å²) in [6.07, 6.45) is 3.40. The maximum atomic E-state index is 13.0. The third-order valence-corrected chi connectivity index (χ3v) is 3.84. The molecule has 1 saturated carbocycles. The van der Waals surface area contributed by atoms with Crippen LogP contribution in [0.3, 0.4) is 0 Å². The minimum atomic E-state index is -0.253. The van der Waals surface area contributed by atoms with Gasteiger partial charge in [0.25, 0.3) is 0 Å². The van der Waals surface area contributed by atoms with E-state index in [1.54, 1.807) is 13.2 Å². The van der Waals surface area contributed by atoms with E-state index in [0.29, 0.717) is 11.6 Å². The van der Waals surface area contributed by atoms with Crippen LogP contribution in [0.1, 0.15) is 24.8 Å². The molecule has 4 heteroatoms. The summed E-state index contributed by atoms with van der Waals surface area (Å²) in [4.78, 5) is 0. The van der Waals surface area contributed by atoms with E-state index in [9.17, 15) is 4.39 Å². The molecule has 94 valence electrons. The maximum Gasteiger partial charge on any atom is 0.123 e. The van der Waals surface area contributed by atoms with Gasteiger partial charge in [-0.2, -0.15) is 0 Å². The Labute approximate surface area is 106 Å². The summed E-state index contributed by atoms with van der Waals surface area (Å²) >= 11 is 5.99. The van der Waals surface area contributed by atoms with E-state index in [2.05, 4.69) is 5.32 Å². The standard InChI is InChI=1S/C13H17ClFNO/c1-17-13(5-2-6-13)9-16-8-10-7-11(15)3-4-12(10)14/h3-4,7,16H,2,5-6,8-9H2,1H3. The summed E-state index contributed by atoms with van der Waals surface area (Å²) in [6, 6.07) is 4.42. The number of benzene rings is 1. The van der Waals surface area contributed by atoms with E-state index in [0.717, 1.165) is 24.9 Å². The molecule has 0 unspecified atom stereocenters. The van der Waals surface area contributed by atoms with Gasteiger partial charge in [-0.3, -0.25) is 0 Å². The highest BCUT2D eigenvalue weighted by Crippen LogP contribution is 2.34. The van der Waals surface area contributed by atoms with Crippen molar-refractivity contribution in [3.05, 3.63) is 34.6 Å². The molecule has 1 aliphatic rings. The molecular weight excluding hydrogens is 241 g/mol. The molecule has 1 fully saturated rings. The van der Waals surface area contributed by atoms with Crippen molar-refractivity contribution in [2.24, 2.45) is 0 Å². The van der Waals surface area contributed by atoms with Crippen LogP contribution in [0.15, 0.2) is 18.2 Å². The summed E-state index contributed by atoms with van der Waals surface area (Å²) in [5.41, 5.74) is 0.775. The van der Waals surface area contributed by atoms with E-state index < -0.39 is 0 Å². The van der Waals surface area contributed by atoms with E-state index >= 15 is 0 Å². The molecule has 0 amide bonds. The number of hydrogen-bond donors (Lipinski definition) is 1. The van der Waals surface area contributed by atoms with Gasteiger partial charge in [0.15, 0.2) is 0 Å². The van der Waals surface area contributed by atoms with Crippen LogP contribution in [-0.4, -0.2) is 19.3 Å². The normalized spacial score (nSPS) is 17.8. The van der Waals surface area contributed by atoms with Gasteiger partial charge < -0.3 is 10.1 Å². The maximum absolute atomic E-state index is 13.0. The molecule has 17 heavy (non-hydrogen) atoms. The predicted molar refractivity (Wildman–Crippen MR) is 66.7 cm³/mol. The minimum Gasteiger partial charge on any atom is -0.377 e. The summed E-state index contributed by atoms with van der Waals surface area (Å²) in [7, 11) is 1.75. The molecule has 1 aliphatic carbocycles. The fraction of sp³-hybridized carbons (Fsp3) is 0.538. The molecule has 0 atom stereocenters. The van der Waals surface area contributed by atoms with Gasteiger partial charge in [-0.15, -0.1) is 0 Å². The second-order valence-corrected chi connectivity index (χ2v) is 4.99. The first-order valence-electron chi connectivity index (χ1n) is 5.85. The van der Waals surface area contributed by atoms with Gasteiger partial charge in [-0.1, -0.05) is 11.6 Å². The Morgan fingerprint density at radius 2 is 2.24 bits per heavy atom. The lowest BCUT2D eigenvalue weighted by molar-refractivity contribution is -0.0695. The van der Waals surface area contributed by atoms with Gasteiger partial charge in [0.05, 0.1) is 5.60 Å². The smallest absolute Gasteiger partial charge is 0.123 e. The van der Waals surface area contributed by atoms with Crippen LogP contribution in [-0.2, 0) is 11.3 Å². The molecule has 0 radical (unpaired) electrons. The number of methoxy groups -OCH3 is 1. The highest BCUT2D eigenvalue weighted by Gasteiger charge is 2.36. The monoisotopic (exact) mass is 257 g/mol. The van der Waals surface area contributed by atoms with Crippen LogP contribution in [0.2, 0.25) is 5.02 Å². The first-order valence-corrected chi connectivity index (χ1v) is 6.23. The molecule has 0 saturated heterocycles. The van der Waals surface area contributed by atoms with Gasteiger partial charge in [0.2, 0.25) is 0 Å². The van der Waals surface area contributed by atoms with Crippen molar-refractivity contribution in [2.75, 3.05) is 13.7 Å². The fourth-order valence-corrected chi connectivity index (χ4v) is 2.31. The van der Waals surface area contributed by atoms with Crippen molar-refractivity contribution in [1.82, 2.24) is 5.32 Å². The highest BCUT2D eigenvalue weighted by molar-refractivity contribution is 6.31. The number of rotatable bonds is 5. The van der Waals surface area contributed by atoms with Crippen molar-refractivity contribution in [2.45, 2.75) is 31.4 Å². The third kappa shape index (κ3) is 2.97. The van der Waals surface area contributed by atoms with E-state index in [4.69, 9.17) is 16.3 Å². The molecule has 0 aliphatic heterocycles. The molecule has 1 aromatic rings. The Hall–Kier alpha value is -0.640. The molecule has 0 spiro atoms. The Balaban J connectivity index is 1.87. The van der Waals surface area contributed by atoms with Gasteiger partial charge >= 0.3 is 0 Å². The van der Waals surface area contributed by atoms with Crippen molar-refractivity contribution in [1.29, 1.82) is 0 Å². The molecule has 0 bridgehead atoms. The molecular formula is C13H17ClFNO. The van der Waals surface area contributed by atoms with E-state index in [-0.39, 0.29) is 11.4 Å². The minimum absolute atomic E-state index is 0.0141. The van der Waals surface area contributed by atoms with Gasteiger partial charge in [0.1, 0.15) is 5.82 Å². The number of halogens is 2. The molecule has 1 aromatic carbocycles. The van der Waals surface area contributed by atoms with Crippen LogP contribution in [0.5, 0.6) is 0 Å². The molecule has 2 rings (SSSR count). The zero-order chi connectivity index (χ0) is 12.3. The lowest BCUT2D eigenvalue weighted by Gasteiger charge is -2.40. The zero-order valence-corrected chi connectivity index (χ0v) is 10.7. The van der Waals surface area contributed by atoms with Crippen molar-refractivity contribution in [3.8, 4) is 0 Å². The fourth-order valence-electron chi connectivity index (χ4n) is 2.13. The highest BCUT2D eigenvalue weighted by atomic mass is 35.5. The zero-order valence-electron chi connectivity index (χ0n) is 9.93. The summed E-state index contributed by atoms with van der Waals surface area (Å²) < 4.78 is 18.5. The van der Waals surface area contributed by atoms with Crippen LogP contribution in [0.4, 0.5) is 4.39 Å². The largest absolute Gasteiger partial charge is 0.377 e. The molecule has 1 N–H and O–H groups in total. The predicted octanol–water partition coefficient (Wildman–Crippen LogP) is 3.14. The quantitative estimate of drug-likeness (QED) is 0.875. The summed E-state index contributed by atoms with van der Waals surface area (Å²) in [6.45, 7) is 1.36. The van der Waals surface area contributed by atoms with Crippen LogP contribution >= 0.6 is 11.6 Å². The van der Waals surface area contributed by atoms with Gasteiger partial charge in [0, 0.05) is 25.2 Å². The van der Waals surface area contributed by atoms with Crippen molar-refractivity contribution >= 4 is 11.6 Å². The van der Waals surface area contributed by atoms with Crippen LogP contribution < -0.4 is 5.32 Å². The van der Waals surface area contributed by atoms with Crippen molar-refractivity contribution < 1.29 is 9.13 Å². The SMILES string of the molecule is COC1(CNCc2cc(F)ccc2Cl)CCC1. The average molecular weight is 258 g/mol. The first kappa shape index (κ1) is 12.8. The summed E-state index contributed by atoms with van der Waals surface area (Å²) in [5, 5.41) is 3.88. The second kappa shape index (κ2) is 5.34.